The molecule has 1 aromatic heterocycles. The molecule has 1 saturated carbocycles. The van der Waals surface area contributed by atoms with Crippen molar-refractivity contribution in [1.82, 2.24) is 14.5 Å². The average Bonchev–Trinajstić information content (AvgIpc) is 2.89. The van der Waals surface area contributed by atoms with Gasteiger partial charge in [0.25, 0.3) is 5.56 Å². The molecule has 2 fully saturated rings. The summed E-state index contributed by atoms with van der Waals surface area (Å²) in [6.45, 7) is 2.65. The number of likely N-dealkylation sites (tertiary alicyclic amines) is 1. The van der Waals surface area contributed by atoms with Crippen LogP contribution in [0, 0.1) is 17.6 Å². The SMILES string of the molecule is COc1ccccc1-c1nc2ccc(-c3ccc(F)cc3F)cc2c(=O)n1CC1CCCN(C2CCC2)C1. The van der Waals surface area contributed by atoms with Crippen molar-refractivity contribution in [2.24, 2.45) is 5.92 Å². The summed E-state index contributed by atoms with van der Waals surface area (Å²) in [4.78, 5) is 21.7. The number of hydrogen-bond acceptors (Lipinski definition) is 4. The molecule has 1 unspecified atom stereocenters. The molecule has 1 atom stereocenters. The van der Waals surface area contributed by atoms with Crippen molar-refractivity contribution in [3.8, 4) is 28.3 Å². The van der Waals surface area contributed by atoms with Gasteiger partial charge in [0.1, 0.15) is 23.2 Å². The van der Waals surface area contributed by atoms with Crippen molar-refractivity contribution in [2.45, 2.75) is 44.7 Å². The minimum Gasteiger partial charge on any atom is -0.496 e. The van der Waals surface area contributed by atoms with Gasteiger partial charge in [0, 0.05) is 30.8 Å². The molecule has 2 aliphatic rings. The molecule has 0 N–H and O–H groups in total. The Kier molecular flexibility index (Phi) is 6.70. The van der Waals surface area contributed by atoms with E-state index < -0.39 is 11.6 Å². The van der Waals surface area contributed by atoms with Gasteiger partial charge in [-0.15, -0.1) is 0 Å². The fraction of sp³-hybridized carbons (Fsp3) is 0.355. The summed E-state index contributed by atoms with van der Waals surface area (Å²) in [5.41, 5.74) is 1.88. The number of nitrogens with zero attached hydrogens (tertiary/aromatic N) is 3. The zero-order chi connectivity index (χ0) is 26.2. The molecule has 3 aromatic carbocycles. The van der Waals surface area contributed by atoms with E-state index in [-0.39, 0.29) is 11.1 Å². The second kappa shape index (κ2) is 10.3. The van der Waals surface area contributed by atoms with E-state index in [4.69, 9.17) is 9.72 Å². The molecule has 0 amide bonds. The molecule has 0 radical (unpaired) electrons. The Morgan fingerprint density at radius 1 is 0.974 bits per heavy atom. The second-order valence-corrected chi connectivity index (χ2v) is 10.5. The first-order valence-corrected chi connectivity index (χ1v) is 13.4. The van der Waals surface area contributed by atoms with Crippen molar-refractivity contribution in [2.75, 3.05) is 20.2 Å². The third kappa shape index (κ3) is 4.60. The minimum absolute atomic E-state index is 0.166. The van der Waals surface area contributed by atoms with Crippen molar-refractivity contribution in [3.63, 3.8) is 0 Å². The fourth-order valence-electron chi connectivity index (χ4n) is 5.90. The van der Waals surface area contributed by atoms with Gasteiger partial charge >= 0.3 is 0 Å². The van der Waals surface area contributed by atoms with E-state index in [1.165, 1.54) is 31.4 Å². The molecule has 38 heavy (non-hydrogen) atoms. The Bertz CT molecular complexity index is 1550. The van der Waals surface area contributed by atoms with Gasteiger partial charge in [-0.2, -0.15) is 0 Å². The standard InChI is InChI=1S/C31H31F2N3O2/c1-38-29-10-3-2-9-25(29)30-34-28-14-11-21(24-13-12-22(32)17-27(24)33)16-26(28)31(37)36(30)19-20-6-5-15-35(18-20)23-7-4-8-23/h2-3,9-14,16-17,20,23H,4-8,15,18-19H2,1H3. The van der Waals surface area contributed by atoms with Crippen molar-refractivity contribution >= 4 is 10.9 Å². The summed E-state index contributed by atoms with van der Waals surface area (Å²) in [6, 6.07) is 16.9. The molecule has 0 bridgehead atoms. The first-order chi connectivity index (χ1) is 18.5. The van der Waals surface area contributed by atoms with Crippen LogP contribution in [-0.2, 0) is 6.54 Å². The Morgan fingerprint density at radius 3 is 2.58 bits per heavy atom. The number of piperidine rings is 1. The predicted molar refractivity (Wildman–Crippen MR) is 145 cm³/mol. The molecular weight excluding hydrogens is 484 g/mol. The number of hydrogen-bond donors (Lipinski definition) is 0. The number of ether oxygens (including phenoxy) is 1. The number of halogens is 2. The van der Waals surface area contributed by atoms with Gasteiger partial charge < -0.3 is 9.64 Å². The average molecular weight is 516 g/mol. The highest BCUT2D eigenvalue weighted by molar-refractivity contribution is 5.85. The molecule has 4 aromatic rings. The summed E-state index contributed by atoms with van der Waals surface area (Å²) in [7, 11) is 1.61. The van der Waals surface area contributed by atoms with Crippen LogP contribution in [0.1, 0.15) is 32.1 Å². The highest BCUT2D eigenvalue weighted by Crippen LogP contribution is 2.33. The van der Waals surface area contributed by atoms with Gasteiger partial charge in [-0.25, -0.2) is 13.8 Å². The van der Waals surface area contributed by atoms with Gasteiger partial charge in [-0.05, 0) is 80.1 Å². The first kappa shape index (κ1) is 24.7. The van der Waals surface area contributed by atoms with Crippen molar-refractivity contribution in [3.05, 3.63) is 82.7 Å². The van der Waals surface area contributed by atoms with Gasteiger partial charge in [0.2, 0.25) is 0 Å². The molecule has 1 aliphatic heterocycles. The molecule has 1 aliphatic carbocycles. The van der Waals surface area contributed by atoms with Crippen LogP contribution in [0.3, 0.4) is 0 Å². The van der Waals surface area contributed by atoms with E-state index in [9.17, 15) is 13.6 Å². The first-order valence-electron chi connectivity index (χ1n) is 13.4. The second-order valence-electron chi connectivity index (χ2n) is 10.5. The Morgan fingerprint density at radius 2 is 1.82 bits per heavy atom. The normalized spacial score (nSPS) is 18.4. The van der Waals surface area contributed by atoms with Crippen molar-refractivity contribution < 1.29 is 13.5 Å². The third-order valence-electron chi connectivity index (χ3n) is 8.13. The highest BCUT2D eigenvalue weighted by atomic mass is 19.1. The van der Waals surface area contributed by atoms with E-state index in [1.54, 1.807) is 29.9 Å². The zero-order valence-corrected chi connectivity index (χ0v) is 21.5. The molecule has 196 valence electrons. The van der Waals surface area contributed by atoms with Crippen LogP contribution in [-0.4, -0.2) is 40.7 Å². The monoisotopic (exact) mass is 515 g/mol. The maximum absolute atomic E-state index is 14.6. The zero-order valence-electron chi connectivity index (χ0n) is 21.5. The number of fused-ring (bicyclic) bond motifs is 1. The van der Waals surface area contributed by atoms with Crippen LogP contribution in [0.4, 0.5) is 8.78 Å². The molecule has 7 heteroatoms. The quantitative estimate of drug-likeness (QED) is 0.303. The Hall–Kier alpha value is -3.58. The predicted octanol–water partition coefficient (Wildman–Crippen LogP) is 6.28. The summed E-state index contributed by atoms with van der Waals surface area (Å²) in [5, 5.41) is 0.413. The third-order valence-corrected chi connectivity index (χ3v) is 8.13. The number of para-hydroxylation sites is 1. The van der Waals surface area contributed by atoms with Crippen LogP contribution in [0.2, 0.25) is 0 Å². The van der Waals surface area contributed by atoms with Gasteiger partial charge in [0.05, 0.1) is 23.6 Å². The molecule has 1 saturated heterocycles. The lowest BCUT2D eigenvalue weighted by molar-refractivity contribution is 0.0717. The van der Waals surface area contributed by atoms with E-state index in [1.807, 2.05) is 24.3 Å². The Balaban J connectivity index is 1.47. The van der Waals surface area contributed by atoms with Gasteiger partial charge in [-0.3, -0.25) is 9.36 Å². The van der Waals surface area contributed by atoms with Crippen LogP contribution < -0.4 is 10.3 Å². The molecular formula is C31H31F2N3O2. The topological polar surface area (TPSA) is 47.4 Å². The lowest BCUT2D eigenvalue weighted by Gasteiger charge is -2.42. The molecule has 6 rings (SSSR count). The lowest BCUT2D eigenvalue weighted by Crippen LogP contribution is -2.47. The smallest absolute Gasteiger partial charge is 0.261 e. The summed E-state index contributed by atoms with van der Waals surface area (Å²) >= 11 is 0. The lowest BCUT2D eigenvalue weighted by atomic mass is 9.87. The van der Waals surface area contributed by atoms with Gasteiger partial charge in [0.15, 0.2) is 0 Å². The van der Waals surface area contributed by atoms with Crippen LogP contribution in [0.25, 0.3) is 33.4 Å². The maximum atomic E-state index is 14.6. The maximum Gasteiger partial charge on any atom is 0.261 e. The molecule has 5 nitrogen and oxygen atoms in total. The summed E-state index contributed by atoms with van der Waals surface area (Å²) in [6.07, 6.45) is 6.00. The van der Waals surface area contributed by atoms with Gasteiger partial charge in [-0.1, -0.05) is 24.6 Å². The molecule has 0 spiro atoms. The number of benzene rings is 3. The highest BCUT2D eigenvalue weighted by Gasteiger charge is 2.30. The number of rotatable bonds is 6. The number of aromatic nitrogens is 2. The molecule has 2 heterocycles. The largest absolute Gasteiger partial charge is 0.496 e. The summed E-state index contributed by atoms with van der Waals surface area (Å²) in [5.74, 6) is 0.244. The van der Waals surface area contributed by atoms with E-state index in [0.717, 1.165) is 37.6 Å². The van der Waals surface area contributed by atoms with E-state index >= 15 is 0 Å². The van der Waals surface area contributed by atoms with Crippen molar-refractivity contribution in [1.29, 1.82) is 0 Å². The Labute approximate surface area is 220 Å². The van der Waals surface area contributed by atoms with Crippen LogP contribution in [0.15, 0.2) is 65.5 Å². The van der Waals surface area contributed by atoms with E-state index in [2.05, 4.69) is 4.90 Å². The van der Waals surface area contributed by atoms with Crippen LogP contribution >= 0.6 is 0 Å². The fourth-order valence-corrected chi connectivity index (χ4v) is 5.90. The summed E-state index contributed by atoms with van der Waals surface area (Å²) < 4.78 is 35.5. The van der Waals surface area contributed by atoms with Crippen LogP contribution in [0.5, 0.6) is 5.75 Å². The van der Waals surface area contributed by atoms with E-state index in [0.29, 0.717) is 46.5 Å². The number of methoxy groups -OCH3 is 1. The minimum atomic E-state index is -0.665.